The molecule has 35 heteroatoms. The van der Waals surface area contributed by atoms with E-state index in [1.165, 1.54) is 62.1 Å². The van der Waals surface area contributed by atoms with E-state index >= 15 is 0 Å². The van der Waals surface area contributed by atoms with E-state index in [2.05, 4.69) is 95.6 Å². The summed E-state index contributed by atoms with van der Waals surface area (Å²) in [6, 6.07) is 52.1. The van der Waals surface area contributed by atoms with E-state index in [1.54, 1.807) is 147 Å². The molecule has 9 aromatic rings. The highest BCUT2D eigenvalue weighted by molar-refractivity contribution is 9.11. The van der Waals surface area contributed by atoms with Crippen molar-refractivity contribution in [2.45, 2.75) is 162 Å². The van der Waals surface area contributed by atoms with Gasteiger partial charge in [-0.2, -0.15) is 8.42 Å². The zero-order chi connectivity index (χ0) is 101. The maximum atomic E-state index is 14.9. The lowest BCUT2D eigenvalue weighted by Crippen LogP contribution is -2.35. The number of aliphatic hydroxyl groups is 1. The first-order valence-electron chi connectivity index (χ1n) is 43.9. The minimum Gasteiger partial charge on any atom is -0.493 e. The van der Waals surface area contributed by atoms with Gasteiger partial charge < -0.3 is 83.3 Å². The smallest absolute Gasteiger partial charge is 0.410 e. The number of aliphatic hydroxyl groups excluding tert-OH is 1. The van der Waals surface area contributed by atoms with Gasteiger partial charge in [0.05, 0.1) is 55.8 Å². The van der Waals surface area contributed by atoms with Gasteiger partial charge in [-0.05, 0) is 278 Å². The van der Waals surface area contributed by atoms with Crippen molar-refractivity contribution in [1.29, 1.82) is 0 Å². The van der Waals surface area contributed by atoms with Crippen LogP contribution in [0, 0.1) is 29.1 Å². The number of amides is 4. The van der Waals surface area contributed by atoms with E-state index in [-0.39, 0.29) is 65.2 Å². The Morgan fingerprint density at radius 3 is 0.860 bits per heavy atom. The molecule has 0 aliphatic rings. The van der Waals surface area contributed by atoms with Gasteiger partial charge in [-0.25, -0.2) is 41.1 Å². The molecule has 4 atom stereocenters. The first kappa shape index (κ1) is 117. The number of ether oxygens (including phenoxy) is 9. The molecular weight excluding hydrogens is 2110 g/mol. The van der Waals surface area contributed by atoms with E-state index in [9.17, 15) is 54.7 Å². The summed E-state index contributed by atoms with van der Waals surface area (Å²) in [4.78, 5) is 53.4. The highest BCUT2D eigenvalue weighted by Gasteiger charge is 2.28. The number of halogens is 10. The molecule has 9 aromatic carbocycles. The minimum atomic E-state index is -3.85. The lowest BCUT2D eigenvalue weighted by Gasteiger charge is -2.24. The predicted molar refractivity (Wildman–Crippen MR) is 540 cm³/mol. The molecule has 24 nitrogen and oxygen atoms in total. The van der Waals surface area contributed by atoms with Crippen molar-refractivity contribution in [3.63, 3.8) is 0 Å². The third-order valence-corrected chi connectivity index (χ3v) is 22.2. The van der Waals surface area contributed by atoms with Crippen LogP contribution in [0.2, 0.25) is 0 Å². The molecule has 0 saturated carbocycles. The third kappa shape index (κ3) is 44.8. The predicted octanol–water partition coefficient (Wildman–Crippen LogP) is 24.2. The fraction of sp³-hybridized carbons (Fsp3) is 0.426. The number of benzene rings is 9. The monoisotopic (exact) mass is 2230 g/mol. The van der Waals surface area contributed by atoms with E-state index in [1.807, 2.05) is 131 Å². The van der Waals surface area contributed by atoms with Crippen LogP contribution in [0.3, 0.4) is 0 Å². The number of rotatable bonds is 37. The fourth-order valence-corrected chi connectivity index (χ4v) is 14.1. The standard InChI is InChI=1S/C23H30BrFN2O3.C23H29BrFNO6S.C22H27BrFNO4.C18H22BrFN2O.C15H21BrFNO3/c1-23(2,3)30-22(28)27(5)13-6-14-29-18-11-12-19(20(25)15-18)21(26-4)16-7-9-17(24)10-8-16;1-23(2,3)31-22(27)26(4)13-6-14-30-18-11-12-19(20(25)15-18)21(32-33(5,28)29)16-7-9-17(24)10-8-16;1-22(2,3)29-21(27)25(4)12-5-13-28-17-10-11-18(19(24)14-17)20(26)15-6-8-16(23)9-7-15;1-21-10-3-11-23-15-8-9-16(17(20)12-15)18(22-2)13-4-6-14(19)7-5-13;1-15(2,3)21-14(19)18(4)8-5-9-20-11-6-7-12(16)13(17)10-11/h7-12,15,21,26H,6,13-14H2,1-5H3;7-12,15,21H,6,13-14H2,1-5H3;6-11,14,20,26H,5,12-13H2,1-4H3;4-9,12,18,21-22H,3,10-11H2,1-2H3;6-7,10H,5,8-9H2,1-4H3. The Labute approximate surface area is 840 Å². The summed E-state index contributed by atoms with van der Waals surface area (Å²) >= 11 is 16.6. The molecule has 9 rings (SSSR count). The maximum Gasteiger partial charge on any atom is 0.410 e. The summed E-state index contributed by atoms with van der Waals surface area (Å²) in [5, 5.41) is 19.8. The second-order valence-electron chi connectivity index (χ2n) is 35.3. The Morgan fingerprint density at radius 1 is 0.353 bits per heavy atom. The van der Waals surface area contributed by atoms with E-state index < -0.39 is 68.6 Å². The highest BCUT2D eigenvalue weighted by Crippen LogP contribution is 2.36. The molecule has 4 N–H and O–H groups in total. The molecular formula is C101H129Br5F5N7O17S. The fourth-order valence-electron chi connectivity index (χ4n) is 12.2. The first-order valence-corrected chi connectivity index (χ1v) is 49.7. The highest BCUT2D eigenvalue weighted by atomic mass is 79.9. The van der Waals surface area contributed by atoms with Crippen LogP contribution in [0.15, 0.2) is 210 Å². The second kappa shape index (κ2) is 57.4. The Morgan fingerprint density at radius 2 is 0.603 bits per heavy atom. The van der Waals surface area contributed by atoms with Crippen LogP contribution in [-0.2, 0) is 33.2 Å². The molecule has 0 heterocycles. The van der Waals surface area contributed by atoms with Crippen LogP contribution in [0.5, 0.6) is 28.7 Å². The third-order valence-electron chi connectivity index (χ3n) is 18.9. The average Bonchev–Trinajstić information content (AvgIpc) is 0.833. The van der Waals surface area contributed by atoms with Crippen LogP contribution in [0.25, 0.3) is 0 Å². The van der Waals surface area contributed by atoms with Gasteiger partial charge in [-0.3, -0.25) is 4.18 Å². The number of nitrogens with one attached hydrogen (secondary N) is 3. The van der Waals surface area contributed by atoms with Crippen LogP contribution >= 0.6 is 79.6 Å². The Kier molecular flexibility index (Phi) is 49.5. The molecule has 0 radical (unpaired) electrons. The van der Waals surface area contributed by atoms with Gasteiger partial charge in [0.25, 0.3) is 10.1 Å². The lowest BCUT2D eigenvalue weighted by atomic mass is 9.98. The number of carbonyl (C=O) groups excluding carboxylic acids is 4. The topological polar surface area (TPSA) is 264 Å². The van der Waals surface area contributed by atoms with Gasteiger partial charge in [0, 0.05) is 125 Å². The Balaban J connectivity index is 0.000000303. The van der Waals surface area contributed by atoms with Crippen molar-refractivity contribution < 1.29 is 101 Å². The van der Waals surface area contributed by atoms with Gasteiger partial charge in [-0.1, -0.05) is 124 Å². The van der Waals surface area contributed by atoms with Gasteiger partial charge >= 0.3 is 24.4 Å². The quantitative estimate of drug-likeness (QED) is 0.0122. The molecule has 0 saturated heterocycles. The maximum absolute atomic E-state index is 14.9. The van der Waals surface area contributed by atoms with Gasteiger partial charge in [0.15, 0.2) is 0 Å². The minimum absolute atomic E-state index is 0.0692. The lowest BCUT2D eigenvalue weighted by molar-refractivity contribution is 0.0281. The van der Waals surface area contributed by atoms with Crippen molar-refractivity contribution in [3.8, 4) is 28.7 Å². The molecule has 4 unspecified atom stereocenters. The van der Waals surface area contributed by atoms with Gasteiger partial charge in [0.1, 0.15) is 92.4 Å². The first-order chi connectivity index (χ1) is 63.8. The number of carbonyl (C=O) groups is 4. The molecule has 4 amide bonds. The van der Waals surface area contributed by atoms with Crippen LogP contribution in [0.1, 0.15) is 184 Å². The zero-order valence-electron chi connectivity index (χ0n) is 80.8. The Bertz CT molecular complexity index is 5310. The molecule has 0 aliphatic heterocycles. The van der Waals surface area contributed by atoms with Crippen molar-refractivity contribution in [3.05, 3.63) is 284 Å². The second-order valence-corrected chi connectivity index (χ2v) is 41.4. The SMILES string of the molecule is CN(CCCOc1ccc(Br)c(F)c1)C(=O)OC(C)(C)C.CN(CCCOc1ccc(C(O)c2ccc(Br)cc2)c(F)c1)C(=O)OC(C)(C)C.CN(CCCOc1ccc(C(OS(C)(=O)=O)c2ccc(Br)cc2)c(F)c1)C(=O)OC(C)(C)C.CNC(c1ccc(Br)cc1)c1ccc(OCCCN(C)C(=O)OC(C)(C)C)cc1F.CNCCCOc1ccc(C(NC)c2ccc(Br)cc2)c(F)c1. The van der Waals surface area contributed by atoms with E-state index in [0.29, 0.717) is 128 Å². The van der Waals surface area contributed by atoms with Crippen LogP contribution in [0.4, 0.5) is 41.1 Å². The summed E-state index contributed by atoms with van der Waals surface area (Å²) in [5.41, 5.74) is 2.35. The zero-order valence-corrected chi connectivity index (χ0v) is 89.5. The summed E-state index contributed by atoms with van der Waals surface area (Å²) in [6.45, 7) is 26.4. The Hall–Kier alpha value is -9.14. The van der Waals surface area contributed by atoms with E-state index in [0.717, 1.165) is 48.2 Å². The number of hydrogen-bond donors (Lipinski definition) is 4. The van der Waals surface area contributed by atoms with Crippen molar-refractivity contribution in [1.82, 2.24) is 35.6 Å². The normalized spacial score (nSPS) is 12.3. The molecule has 746 valence electrons. The molecule has 0 fully saturated rings. The largest absolute Gasteiger partial charge is 0.493 e. The molecule has 0 spiro atoms. The summed E-state index contributed by atoms with van der Waals surface area (Å²) in [6.07, 6.45) is 0.381. The molecule has 0 aromatic heterocycles. The van der Waals surface area contributed by atoms with Crippen LogP contribution in [-0.4, -0.2) is 201 Å². The van der Waals surface area contributed by atoms with Crippen molar-refractivity contribution >= 4 is 114 Å². The summed E-state index contributed by atoms with van der Waals surface area (Å²) < 4.78 is 154. The van der Waals surface area contributed by atoms with Crippen molar-refractivity contribution in [2.75, 3.05) is 121 Å². The van der Waals surface area contributed by atoms with Crippen molar-refractivity contribution in [2.24, 2.45) is 0 Å². The van der Waals surface area contributed by atoms with E-state index in [4.69, 9.17) is 46.8 Å². The molecule has 136 heavy (non-hydrogen) atoms. The summed E-state index contributed by atoms with van der Waals surface area (Å²) in [7, 11) is 8.32. The average molecular weight is 2240 g/mol. The molecule has 0 bridgehead atoms. The van der Waals surface area contributed by atoms with Gasteiger partial charge in [-0.15, -0.1) is 0 Å². The number of nitrogens with zero attached hydrogens (tertiary/aromatic N) is 4. The summed E-state index contributed by atoms with van der Waals surface area (Å²) in [5.74, 6) is -0.0131. The van der Waals surface area contributed by atoms with Gasteiger partial charge in [0.2, 0.25) is 0 Å². The molecule has 0 aliphatic carbocycles. The number of hydrogen-bond acceptors (Lipinski definition) is 20. The van der Waals surface area contributed by atoms with Crippen LogP contribution < -0.4 is 39.6 Å².